The van der Waals surface area contributed by atoms with Crippen LogP contribution in [-0.4, -0.2) is 37.5 Å². The summed E-state index contributed by atoms with van der Waals surface area (Å²) in [6.45, 7) is 0.314. The van der Waals surface area contributed by atoms with Crippen LogP contribution in [0.5, 0.6) is 11.5 Å². The third kappa shape index (κ3) is 3.55. The lowest BCUT2D eigenvalue weighted by molar-refractivity contribution is 0.356. The second-order valence-corrected chi connectivity index (χ2v) is 7.01. The van der Waals surface area contributed by atoms with Crippen molar-refractivity contribution in [2.45, 2.75) is 6.54 Å². The number of methoxy groups -OCH3 is 2. The van der Waals surface area contributed by atoms with Gasteiger partial charge in [0.25, 0.3) is 11.3 Å². The van der Waals surface area contributed by atoms with Crippen LogP contribution in [-0.2, 0) is 17.8 Å². The van der Waals surface area contributed by atoms with Gasteiger partial charge in [-0.05, 0) is 23.8 Å². The highest BCUT2D eigenvalue weighted by atomic mass is 32.2. The summed E-state index contributed by atoms with van der Waals surface area (Å²) >= 11 is -2.14. The lowest BCUT2D eigenvalue weighted by atomic mass is 10.1. The van der Waals surface area contributed by atoms with Crippen LogP contribution < -0.4 is 19.9 Å². The van der Waals surface area contributed by atoms with E-state index in [-0.39, 0.29) is 5.69 Å². The van der Waals surface area contributed by atoms with Crippen molar-refractivity contribution in [3.05, 3.63) is 58.6 Å². The van der Waals surface area contributed by atoms with Crippen molar-refractivity contribution >= 4 is 38.9 Å². The van der Waals surface area contributed by atoms with Crippen LogP contribution in [0.3, 0.4) is 0 Å². The number of hydrogen-bond donors (Lipinski definition) is 3. The molecule has 1 unspecified atom stereocenters. The molecule has 1 atom stereocenters. The molecule has 29 heavy (non-hydrogen) atoms. The van der Waals surface area contributed by atoms with Gasteiger partial charge < -0.3 is 14.5 Å². The summed E-state index contributed by atoms with van der Waals surface area (Å²) in [5, 5.41) is 0.757. The first kappa shape index (κ1) is 19.0. The van der Waals surface area contributed by atoms with Crippen LogP contribution in [0.2, 0.25) is 0 Å². The predicted octanol–water partition coefficient (Wildman–Crippen LogP) is 2.49. The van der Waals surface area contributed by atoms with E-state index < -0.39 is 11.3 Å². The van der Waals surface area contributed by atoms with Crippen LogP contribution in [0.1, 0.15) is 5.56 Å². The van der Waals surface area contributed by atoms with Gasteiger partial charge in [-0.15, -0.1) is 0 Å². The molecule has 0 aliphatic heterocycles. The van der Waals surface area contributed by atoms with Gasteiger partial charge in [0.1, 0.15) is 0 Å². The Morgan fingerprint density at radius 3 is 2.52 bits per heavy atom. The van der Waals surface area contributed by atoms with Gasteiger partial charge in [-0.25, -0.2) is 9.00 Å². The number of aromatic amines is 1. The van der Waals surface area contributed by atoms with Gasteiger partial charge in [-0.3, -0.25) is 18.8 Å². The maximum absolute atomic E-state index is 12.6. The van der Waals surface area contributed by atoms with Crippen molar-refractivity contribution in [1.29, 1.82) is 0 Å². The van der Waals surface area contributed by atoms with Gasteiger partial charge in [0.2, 0.25) is 0 Å². The number of H-pyrrole nitrogens is 1. The number of fused-ring (bicyclic) bond motifs is 3. The summed E-state index contributed by atoms with van der Waals surface area (Å²) < 4.78 is 34.5. The zero-order chi connectivity index (χ0) is 20.5. The number of nitrogens with zero attached hydrogens (tertiary/aromatic N) is 2. The van der Waals surface area contributed by atoms with E-state index in [0.717, 1.165) is 10.9 Å². The number of ether oxygens (including phenoxy) is 2. The van der Waals surface area contributed by atoms with Crippen LogP contribution in [0.25, 0.3) is 21.9 Å². The van der Waals surface area contributed by atoms with E-state index in [1.807, 2.05) is 0 Å². The number of pyridine rings is 1. The molecule has 10 heteroatoms. The minimum atomic E-state index is -2.14. The van der Waals surface area contributed by atoms with Crippen LogP contribution in [0.4, 0.5) is 5.69 Å². The molecule has 0 saturated carbocycles. The average molecular weight is 414 g/mol. The molecule has 0 spiro atoms. The summed E-state index contributed by atoms with van der Waals surface area (Å²) in [7, 11) is 3.11. The zero-order valence-corrected chi connectivity index (χ0v) is 16.4. The maximum atomic E-state index is 12.6. The topological polar surface area (TPSA) is 118 Å². The lowest BCUT2D eigenvalue weighted by Crippen LogP contribution is -2.17. The average Bonchev–Trinajstić information content (AvgIpc) is 3.03. The Bertz CT molecular complexity index is 1280. The van der Waals surface area contributed by atoms with Crippen molar-refractivity contribution in [3.8, 4) is 11.5 Å². The monoisotopic (exact) mass is 414 g/mol. The molecule has 0 fully saturated rings. The summed E-state index contributed by atoms with van der Waals surface area (Å²) in [4.78, 5) is 19.9. The smallest absolute Gasteiger partial charge is 0.326 e. The van der Waals surface area contributed by atoms with Crippen LogP contribution in [0.15, 0.2) is 47.4 Å². The highest BCUT2D eigenvalue weighted by Gasteiger charge is 2.15. The fourth-order valence-electron chi connectivity index (χ4n) is 3.28. The highest BCUT2D eigenvalue weighted by Crippen LogP contribution is 2.34. The van der Waals surface area contributed by atoms with Gasteiger partial charge in [-0.1, -0.05) is 12.1 Å². The van der Waals surface area contributed by atoms with Crippen LogP contribution in [0, 0.1) is 0 Å². The maximum Gasteiger partial charge on any atom is 0.326 e. The molecule has 0 amide bonds. The Morgan fingerprint density at radius 2 is 1.86 bits per heavy atom. The van der Waals surface area contributed by atoms with Crippen molar-refractivity contribution in [2.24, 2.45) is 0 Å². The normalized spacial score (nSPS) is 12.2. The quantitative estimate of drug-likeness (QED) is 0.417. The SMILES string of the molecule is COc1cc2ncc3[nH]c(=O)n(Cc4ccc(NS(=O)O)cc4)c3c2cc1OC. The predicted molar refractivity (Wildman–Crippen MR) is 111 cm³/mol. The first-order valence-corrected chi connectivity index (χ1v) is 9.70. The van der Waals surface area contributed by atoms with Crippen molar-refractivity contribution in [1.82, 2.24) is 14.5 Å². The number of aromatic nitrogens is 3. The summed E-state index contributed by atoms with van der Waals surface area (Å²) in [5.74, 6) is 1.10. The minimum absolute atomic E-state index is 0.261. The number of rotatable bonds is 6. The molecule has 0 radical (unpaired) electrons. The van der Waals surface area contributed by atoms with Gasteiger partial charge in [0, 0.05) is 17.1 Å². The van der Waals surface area contributed by atoms with Crippen molar-refractivity contribution < 1.29 is 18.2 Å². The number of hydrogen-bond acceptors (Lipinski definition) is 5. The molecule has 2 aromatic carbocycles. The fourth-order valence-corrected chi connectivity index (χ4v) is 3.62. The van der Waals surface area contributed by atoms with E-state index in [2.05, 4.69) is 14.7 Å². The molecule has 4 rings (SSSR count). The van der Waals surface area contributed by atoms with Crippen molar-refractivity contribution in [2.75, 3.05) is 18.9 Å². The first-order chi connectivity index (χ1) is 14.0. The summed E-state index contributed by atoms with van der Waals surface area (Å²) in [6, 6.07) is 10.5. The molecule has 2 heterocycles. The van der Waals surface area contributed by atoms with Crippen molar-refractivity contribution in [3.63, 3.8) is 0 Å². The molecule has 0 aliphatic rings. The number of nitrogens with one attached hydrogen (secondary N) is 2. The number of imidazole rings is 1. The van der Waals surface area contributed by atoms with E-state index in [1.54, 1.807) is 61.4 Å². The molecule has 2 aromatic heterocycles. The van der Waals surface area contributed by atoms with E-state index in [0.29, 0.717) is 40.3 Å². The molecule has 150 valence electrons. The number of anilines is 1. The first-order valence-electron chi connectivity index (χ1n) is 8.60. The van der Waals surface area contributed by atoms with Gasteiger partial charge >= 0.3 is 5.69 Å². The molecular formula is C19H18N4O5S. The molecule has 4 aromatic rings. The standard InChI is InChI=1S/C19H18N4O5S/c1-27-16-7-13-14(8-17(16)28-2)20-9-15-18(13)23(19(24)21-15)10-11-3-5-12(6-4-11)22-29(25)26/h3-9,22H,10H2,1-2H3,(H,21,24)(H,25,26). The lowest BCUT2D eigenvalue weighted by Gasteiger charge is -2.11. The highest BCUT2D eigenvalue weighted by molar-refractivity contribution is 7.80. The molecular weight excluding hydrogens is 396 g/mol. The Hall–Kier alpha value is -3.37. The van der Waals surface area contributed by atoms with Gasteiger partial charge in [0.15, 0.2) is 11.5 Å². The third-order valence-corrected chi connectivity index (χ3v) is 5.01. The molecule has 9 nitrogen and oxygen atoms in total. The third-order valence-electron chi connectivity index (χ3n) is 4.60. The van der Waals surface area contributed by atoms with Gasteiger partial charge in [0.05, 0.1) is 43.5 Å². The molecule has 0 bridgehead atoms. The summed E-state index contributed by atoms with van der Waals surface area (Å²) in [6.07, 6.45) is 1.62. The fraction of sp³-hybridized carbons (Fsp3) is 0.158. The Labute approximate surface area is 167 Å². The largest absolute Gasteiger partial charge is 0.493 e. The zero-order valence-electron chi connectivity index (χ0n) is 15.6. The van der Waals surface area contributed by atoms with E-state index in [4.69, 9.17) is 14.0 Å². The summed E-state index contributed by atoms with van der Waals surface area (Å²) in [5.41, 5.74) is 3.10. The second-order valence-electron chi connectivity index (χ2n) is 6.31. The number of benzene rings is 2. The minimum Gasteiger partial charge on any atom is -0.493 e. The molecule has 3 N–H and O–H groups in total. The Balaban J connectivity index is 1.83. The second kappa shape index (κ2) is 7.57. The van der Waals surface area contributed by atoms with E-state index >= 15 is 0 Å². The molecule has 0 saturated heterocycles. The molecule has 0 aliphatic carbocycles. The van der Waals surface area contributed by atoms with Gasteiger partial charge in [-0.2, -0.15) is 0 Å². The van der Waals surface area contributed by atoms with E-state index in [9.17, 15) is 9.00 Å². The van der Waals surface area contributed by atoms with E-state index in [1.165, 1.54) is 0 Å². The van der Waals surface area contributed by atoms with Crippen LogP contribution >= 0.6 is 0 Å². The Morgan fingerprint density at radius 1 is 1.17 bits per heavy atom. The Kier molecular flexibility index (Phi) is 4.95.